The van der Waals surface area contributed by atoms with Crippen LogP contribution in [0.2, 0.25) is 0 Å². The van der Waals surface area contributed by atoms with Crippen molar-refractivity contribution in [3.8, 4) is 11.4 Å². The molecule has 168 valence electrons. The molecule has 0 fully saturated rings. The first-order valence-corrected chi connectivity index (χ1v) is 10.6. The first-order chi connectivity index (χ1) is 15.8. The van der Waals surface area contributed by atoms with Crippen molar-refractivity contribution in [2.45, 2.75) is 33.3 Å². The Morgan fingerprint density at radius 3 is 2.67 bits per heavy atom. The summed E-state index contributed by atoms with van der Waals surface area (Å²) in [6.07, 6.45) is 3.22. The number of nitrogens with one attached hydrogen (secondary N) is 1. The molecule has 0 radical (unpaired) electrons. The normalized spacial score (nSPS) is 15.6. The van der Waals surface area contributed by atoms with Crippen LogP contribution in [0.5, 0.6) is 0 Å². The third-order valence-electron chi connectivity index (χ3n) is 5.20. The summed E-state index contributed by atoms with van der Waals surface area (Å²) in [5.74, 6) is -1.42. The SMILES string of the molecule is CC1=NN(c2cccc(C(=O)OC(C)C)c2)C(=O)C1C(=O)Cc1cccc(-c2ncc[nH]2)c1. The Morgan fingerprint density at radius 1 is 1.15 bits per heavy atom. The molecule has 0 saturated carbocycles. The predicted octanol–water partition coefficient (Wildman–Crippen LogP) is 3.79. The zero-order valence-corrected chi connectivity index (χ0v) is 18.6. The molecular weight excluding hydrogens is 420 g/mol. The lowest BCUT2D eigenvalue weighted by Crippen LogP contribution is -2.33. The maximum atomic E-state index is 13.1. The fraction of sp³-hybridized carbons (Fsp3) is 0.240. The second-order valence-corrected chi connectivity index (χ2v) is 8.11. The molecule has 1 N–H and O–H groups in total. The number of hydrogen-bond donors (Lipinski definition) is 1. The molecule has 1 aliphatic heterocycles. The first-order valence-electron chi connectivity index (χ1n) is 10.6. The number of hydrazone groups is 1. The van der Waals surface area contributed by atoms with Gasteiger partial charge in [0.1, 0.15) is 11.7 Å². The van der Waals surface area contributed by atoms with E-state index >= 15 is 0 Å². The molecule has 8 heteroatoms. The molecule has 4 rings (SSSR count). The zero-order valence-electron chi connectivity index (χ0n) is 18.6. The molecule has 0 aliphatic carbocycles. The van der Waals surface area contributed by atoms with Gasteiger partial charge in [0, 0.05) is 24.4 Å². The van der Waals surface area contributed by atoms with E-state index in [4.69, 9.17) is 4.74 Å². The van der Waals surface area contributed by atoms with Crippen LogP contribution in [0.3, 0.4) is 0 Å². The van der Waals surface area contributed by atoms with Crippen LogP contribution < -0.4 is 5.01 Å². The second-order valence-electron chi connectivity index (χ2n) is 8.11. The summed E-state index contributed by atoms with van der Waals surface area (Å²) in [6.45, 7) is 5.19. The molecular formula is C25H24N4O4. The standard InChI is InChI=1S/C25H24N4O4/c1-15(2)33-25(32)19-8-5-9-20(14-19)29-24(31)22(16(3)28-29)21(30)13-17-6-4-7-18(12-17)23-26-10-11-27-23/h4-12,14-15,22H,13H2,1-3H3,(H,26,27). The molecule has 33 heavy (non-hydrogen) atoms. The number of H-pyrrole nitrogens is 1. The van der Waals surface area contributed by atoms with Gasteiger partial charge in [-0.05, 0) is 50.6 Å². The monoisotopic (exact) mass is 444 g/mol. The van der Waals surface area contributed by atoms with Gasteiger partial charge >= 0.3 is 5.97 Å². The summed E-state index contributed by atoms with van der Waals surface area (Å²) >= 11 is 0. The number of carbonyl (C=O) groups is 3. The van der Waals surface area contributed by atoms with Crippen molar-refractivity contribution in [3.63, 3.8) is 0 Å². The van der Waals surface area contributed by atoms with Crippen LogP contribution in [-0.2, 0) is 20.7 Å². The minimum Gasteiger partial charge on any atom is -0.459 e. The number of aromatic nitrogens is 2. The van der Waals surface area contributed by atoms with Gasteiger partial charge in [-0.1, -0.05) is 24.3 Å². The van der Waals surface area contributed by atoms with Gasteiger partial charge in [0.2, 0.25) is 0 Å². The van der Waals surface area contributed by atoms with Gasteiger partial charge in [-0.15, -0.1) is 0 Å². The van der Waals surface area contributed by atoms with Gasteiger partial charge in [0.15, 0.2) is 5.78 Å². The van der Waals surface area contributed by atoms with E-state index in [0.29, 0.717) is 22.8 Å². The van der Waals surface area contributed by atoms with Crippen molar-refractivity contribution in [1.82, 2.24) is 9.97 Å². The maximum absolute atomic E-state index is 13.1. The highest BCUT2D eigenvalue weighted by Gasteiger charge is 2.39. The van der Waals surface area contributed by atoms with Gasteiger partial charge in [0.05, 0.1) is 23.1 Å². The Hall–Kier alpha value is -4.07. The summed E-state index contributed by atoms with van der Waals surface area (Å²) < 4.78 is 5.22. The predicted molar refractivity (Wildman–Crippen MR) is 124 cm³/mol. The molecule has 1 unspecified atom stereocenters. The van der Waals surface area contributed by atoms with E-state index < -0.39 is 17.8 Å². The van der Waals surface area contributed by atoms with Crippen molar-refractivity contribution < 1.29 is 19.1 Å². The Kier molecular flexibility index (Phi) is 6.17. The molecule has 8 nitrogen and oxygen atoms in total. The second kappa shape index (κ2) is 9.20. The molecule has 0 spiro atoms. The number of aromatic amines is 1. The average Bonchev–Trinajstić information content (AvgIpc) is 3.42. The number of esters is 1. The third kappa shape index (κ3) is 4.74. The topological polar surface area (TPSA) is 105 Å². The van der Waals surface area contributed by atoms with E-state index in [9.17, 15) is 14.4 Å². The van der Waals surface area contributed by atoms with Crippen molar-refractivity contribution in [2.75, 3.05) is 5.01 Å². The smallest absolute Gasteiger partial charge is 0.338 e. The van der Waals surface area contributed by atoms with Gasteiger partial charge in [0.25, 0.3) is 5.91 Å². The number of Topliss-reactive ketones (excluding diaryl/α,β-unsaturated/α-hetero) is 1. The molecule has 1 aliphatic rings. The maximum Gasteiger partial charge on any atom is 0.338 e. The minimum atomic E-state index is -0.969. The Bertz CT molecular complexity index is 1230. The summed E-state index contributed by atoms with van der Waals surface area (Å²) in [4.78, 5) is 45.7. The van der Waals surface area contributed by atoms with Crippen molar-refractivity contribution >= 4 is 29.1 Å². The highest BCUT2D eigenvalue weighted by atomic mass is 16.5. The summed E-state index contributed by atoms with van der Waals surface area (Å²) in [7, 11) is 0. The molecule has 1 atom stereocenters. The number of anilines is 1. The molecule has 1 amide bonds. The van der Waals surface area contributed by atoms with E-state index in [-0.39, 0.29) is 18.3 Å². The van der Waals surface area contributed by atoms with Crippen LogP contribution in [-0.4, -0.2) is 39.4 Å². The largest absolute Gasteiger partial charge is 0.459 e. The Morgan fingerprint density at radius 2 is 1.94 bits per heavy atom. The van der Waals surface area contributed by atoms with E-state index in [1.165, 1.54) is 5.01 Å². The Balaban J connectivity index is 1.51. The lowest BCUT2D eigenvalue weighted by Gasteiger charge is -2.15. The van der Waals surface area contributed by atoms with Crippen molar-refractivity contribution in [3.05, 3.63) is 72.1 Å². The number of hydrogen-bond acceptors (Lipinski definition) is 6. The number of imidazole rings is 1. The number of carbonyl (C=O) groups excluding carboxylic acids is 3. The summed E-state index contributed by atoms with van der Waals surface area (Å²) in [6, 6.07) is 14.0. The van der Waals surface area contributed by atoms with E-state index in [2.05, 4.69) is 15.1 Å². The number of rotatable bonds is 7. The van der Waals surface area contributed by atoms with Crippen LogP contribution in [0, 0.1) is 5.92 Å². The Labute approximate surface area is 191 Å². The van der Waals surface area contributed by atoms with Crippen molar-refractivity contribution in [1.29, 1.82) is 0 Å². The number of ether oxygens (including phenoxy) is 1. The van der Waals surface area contributed by atoms with Crippen LogP contribution in [0.15, 0.2) is 66.0 Å². The minimum absolute atomic E-state index is 0.0897. The zero-order chi connectivity index (χ0) is 23.5. The van der Waals surface area contributed by atoms with Gasteiger partial charge in [-0.3, -0.25) is 9.59 Å². The molecule has 2 aromatic carbocycles. The molecule has 3 aromatic rings. The first kappa shape index (κ1) is 22.1. The number of nitrogens with zero attached hydrogens (tertiary/aromatic N) is 3. The van der Waals surface area contributed by atoms with Gasteiger partial charge in [-0.25, -0.2) is 9.78 Å². The van der Waals surface area contributed by atoms with Gasteiger partial charge in [-0.2, -0.15) is 10.1 Å². The summed E-state index contributed by atoms with van der Waals surface area (Å²) in [5, 5.41) is 5.50. The fourth-order valence-electron chi connectivity index (χ4n) is 3.72. The molecule has 0 bridgehead atoms. The number of benzene rings is 2. The average molecular weight is 444 g/mol. The van der Waals surface area contributed by atoms with Crippen LogP contribution in [0.1, 0.15) is 36.7 Å². The lowest BCUT2D eigenvalue weighted by molar-refractivity contribution is -0.128. The third-order valence-corrected chi connectivity index (χ3v) is 5.20. The summed E-state index contributed by atoms with van der Waals surface area (Å²) in [5.41, 5.74) is 2.79. The highest BCUT2D eigenvalue weighted by molar-refractivity contribution is 6.27. The van der Waals surface area contributed by atoms with Gasteiger partial charge < -0.3 is 9.72 Å². The number of amides is 1. The highest BCUT2D eigenvalue weighted by Crippen LogP contribution is 2.27. The van der Waals surface area contributed by atoms with E-state index in [1.807, 2.05) is 24.3 Å². The van der Waals surface area contributed by atoms with E-state index in [0.717, 1.165) is 11.1 Å². The number of ketones is 1. The van der Waals surface area contributed by atoms with Crippen LogP contribution in [0.4, 0.5) is 5.69 Å². The van der Waals surface area contributed by atoms with E-state index in [1.54, 1.807) is 57.4 Å². The molecule has 1 aromatic heterocycles. The van der Waals surface area contributed by atoms with Crippen molar-refractivity contribution in [2.24, 2.45) is 11.0 Å². The molecule has 2 heterocycles. The quantitative estimate of drug-likeness (QED) is 0.441. The molecule has 0 saturated heterocycles. The lowest BCUT2D eigenvalue weighted by atomic mass is 9.93. The van der Waals surface area contributed by atoms with Crippen LogP contribution in [0.25, 0.3) is 11.4 Å². The van der Waals surface area contributed by atoms with Crippen LogP contribution >= 0.6 is 0 Å². The fourth-order valence-corrected chi connectivity index (χ4v) is 3.72.